The number of ether oxygens (including phenoxy) is 5. The highest BCUT2D eigenvalue weighted by molar-refractivity contribution is 5.89. The highest BCUT2D eigenvalue weighted by Gasteiger charge is 2.91. The topological polar surface area (TPSA) is 144 Å². The molecule has 6 fully saturated rings. The summed E-state index contributed by atoms with van der Waals surface area (Å²) in [6.07, 6.45) is -3.13. The monoisotopic (exact) mass is 615 g/mol. The van der Waals surface area contributed by atoms with E-state index in [1.54, 1.807) is 44.6 Å². The Kier molecular flexibility index (Phi) is 7.07. The molecule has 1 saturated heterocycles. The predicted octanol–water partition coefficient (Wildman–Crippen LogP) is 1.02. The fourth-order valence-electron chi connectivity index (χ4n) is 12.1. The molecule has 0 amide bonds. The number of rotatable bonds is 8. The van der Waals surface area contributed by atoms with Crippen molar-refractivity contribution in [1.29, 1.82) is 0 Å². The van der Waals surface area contributed by atoms with E-state index < -0.39 is 76.1 Å². The third-order valence-electron chi connectivity index (χ3n) is 12.9. The van der Waals surface area contributed by atoms with Gasteiger partial charge in [-0.05, 0) is 43.9 Å². The van der Waals surface area contributed by atoms with Crippen LogP contribution in [0.25, 0.3) is 0 Å². The van der Waals surface area contributed by atoms with Crippen LogP contribution in [-0.2, 0) is 28.5 Å². The number of fused-ring (bicyclic) bond motifs is 2. The summed E-state index contributed by atoms with van der Waals surface area (Å²) >= 11 is 0. The number of aliphatic hydroxyl groups excluding tert-OH is 2. The van der Waals surface area contributed by atoms with Crippen molar-refractivity contribution >= 4 is 11.9 Å². The average Bonchev–Trinajstić information content (AvgIpc) is 3.39. The highest BCUT2D eigenvalue weighted by atomic mass is 16.6. The van der Waals surface area contributed by atoms with Crippen molar-refractivity contribution in [2.45, 2.75) is 80.9 Å². The van der Waals surface area contributed by atoms with Crippen molar-refractivity contribution in [2.24, 2.45) is 34.5 Å². The Morgan fingerprint density at radius 2 is 1.77 bits per heavy atom. The first-order chi connectivity index (χ1) is 21.1. The predicted molar refractivity (Wildman–Crippen MR) is 154 cm³/mol. The van der Waals surface area contributed by atoms with Gasteiger partial charge in [-0.3, -0.25) is 9.69 Å². The van der Waals surface area contributed by atoms with E-state index in [0.29, 0.717) is 31.5 Å². The van der Waals surface area contributed by atoms with Gasteiger partial charge in [0.05, 0.1) is 24.4 Å². The highest BCUT2D eigenvalue weighted by Crippen LogP contribution is 2.80. The second-order valence-electron chi connectivity index (χ2n) is 14.1. The number of esters is 2. The number of likely N-dealkylation sites (tertiary alicyclic amines) is 1. The first kappa shape index (κ1) is 30.5. The molecule has 1 heterocycles. The smallest absolute Gasteiger partial charge is 0.338 e. The molecule has 5 aliphatic carbocycles. The van der Waals surface area contributed by atoms with Crippen LogP contribution in [0, 0.1) is 34.5 Å². The van der Waals surface area contributed by atoms with E-state index in [1.165, 1.54) is 14.0 Å². The van der Waals surface area contributed by atoms with Gasteiger partial charge in [-0.25, -0.2) is 4.79 Å². The maximum absolute atomic E-state index is 13.7. The molecule has 11 heteroatoms. The minimum Gasteiger partial charge on any atom is -0.455 e. The number of hydrogen-bond donors (Lipinski definition) is 3. The molecule has 44 heavy (non-hydrogen) atoms. The zero-order valence-corrected chi connectivity index (χ0v) is 26.0. The summed E-state index contributed by atoms with van der Waals surface area (Å²) < 4.78 is 31.4. The molecular formula is C33H45NO10. The Bertz CT molecular complexity index is 1310. The van der Waals surface area contributed by atoms with Crippen LogP contribution in [0.1, 0.15) is 43.5 Å². The molecule has 11 nitrogen and oxygen atoms in total. The van der Waals surface area contributed by atoms with Gasteiger partial charge in [0.15, 0.2) is 5.60 Å². The fraction of sp³-hybridized carbons (Fsp3) is 0.758. The van der Waals surface area contributed by atoms with Crippen LogP contribution in [0.4, 0.5) is 0 Å². The first-order valence-corrected chi connectivity index (χ1v) is 15.9. The molecule has 1 unspecified atom stereocenters. The van der Waals surface area contributed by atoms with Crippen LogP contribution in [0.3, 0.4) is 0 Å². The molecule has 6 aliphatic rings. The number of aliphatic hydroxyl groups is 3. The van der Waals surface area contributed by atoms with Gasteiger partial charge >= 0.3 is 11.9 Å². The van der Waals surface area contributed by atoms with E-state index in [2.05, 4.69) is 11.8 Å². The largest absolute Gasteiger partial charge is 0.455 e. The van der Waals surface area contributed by atoms with E-state index >= 15 is 0 Å². The van der Waals surface area contributed by atoms with Crippen molar-refractivity contribution in [3.8, 4) is 0 Å². The summed E-state index contributed by atoms with van der Waals surface area (Å²) in [6, 6.07) is 8.29. The van der Waals surface area contributed by atoms with Gasteiger partial charge in [-0.1, -0.05) is 25.1 Å². The molecule has 7 bridgehead atoms. The van der Waals surface area contributed by atoms with E-state index in [1.807, 2.05) is 0 Å². The van der Waals surface area contributed by atoms with Crippen LogP contribution >= 0.6 is 0 Å². The number of carbonyl (C=O) groups is 2. The number of nitrogens with zero attached hydrogens (tertiary/aromatic N) is 1. The van der Waals surface area contributed by atoms with Gasteiger partial charge in [0.25, 0.3) is 0 Å². The normalized spacial score (nSPS) is 49.9. The number of benzene rings is 1. The summed E-state index contributed by atoms with van der Waals surface area (Å²) in [5.74, 6) is -3.28. The summed E-state index contributed by atoms with van der Waals surface area (Å²) in [7, 11) is 4.75. The minimum absolute atomic E-state index is 0.0659. The summed E-state index contributed by atoms with van der Waals surface area (Å²) in [5, 5.41) is 36.3. The molecule has 0 aromatic heterocycles. The van der Waals surface area contributed by atoms with Gasteiger partial charge in [0, 0.05) is 69.4 Å². The molecule has 5 saturated carbocycles. The Morgan fingerprint density at radius 1 is 1.05 bits per heavy atom. The SMILES string of the molecule is CCN1C[C@]2(CO)CC[C@H](OC)[C@]34C1[C@@H]([C@H](OC)[C@H]23)[C@]1(OC(C)=O)[C@H]2[C@@H](OC(=O)c3ccccc3)[C@](O)(C[C@H]24)[C@@H](OC)[C@@H]1O. The maximum Gasteiger partial charge on any atom is 0.338 e. The maximum atomic E-state index is 13.7. The molecule has 242 valence electrons. The zero-order chi connectivity index (χ0) is 31.4. The summed E-state index contributed by atoms with van der Waals surface area (Å²) in [6.45, 7) is 4.60. The Balaban J connectivity index is 1.52. The standard InChI is InChI=1S/C33H45NO10/c1-6-34-15-30(16-35)13-12-20(40-3)32-19-14-31(39)27(43-29(38)18-10-8-7-9-11-18)21(19)33(44-17(2)36,26(37)28(31)42-5)22(25(32)34)23(41-4)24(30)32/h7-11,19-28,35,37,39H,6,12-16H2,1-5H3/t19-,20+,21-,22-,23+,24-,25?,26+,27-,28+,30+,31-,32+,33-/m1/s1. The van der Waals surface area contributed by atoms with Crippen LogP contribution < -0.4 is 0 Å². The lowest BCUT2D eigenvalue weighted by molar-refractivity contribution is -0.317. The lowest BCUT2D eigenvalue weighted by atomic mass is 9.43. The lowest BCUT2D eigenvalue weighted by Gasteiger charge is -2.69. The Hall–Kier alpha value is -2.12. The Labute approximate surface area is 257 Å². The van der Waals surface area contributed by atoms with E-state index in [0.717, 1.165) is 0 Å². The van der Waals surface area contributed by atoms with Crippen molar-refractivity contribution in [1.82, 2.24) is 4.90 Å². The minimum atomic E-state index is -1.79. The molecule has 1 spiro atoms. The molecule has 3 N–H and O–H groups in total. The molecular weight excluding hydrogens is 570 g/mol. The summed E-state index contributed by atoms with van der Waals surface area (Å²) in [4.78, 5) is 29.2. The van der Waals surface area contributed by atoms with Crippen LogP contribution in [0.2, 0.25) is 0 Å². The van der Waals surface area contributed by atoms with Gasteiger partial charge in [0.2, 0.25) is 0 Å². The van der Waals surface area contributed by atoms with Gasteiger partial charge in [-0.15, -0.1) is 0 Å². The number of carbonyl (C=O) groups excluding carboxylic acids is 2. The third kappa shape index (κ3) is 3.36. The Morgan fingerprint density at radius 3 is 2.36 bits per heavy atom. The van der Waals surface area contributed by atoms with E-state index in [4.69, 9.17) is 23.7 Å². The number of methoxy groups -OCH3 is 3. The second kappa shape index (κ2) is 10.2. The van der Waals surface area contributed by atoms with Crippen LogP contribution in [0.5, 0.6) is 0 Å². The van der Waals surface area contributed by atoms with Crippen molar-refractivity contribution < 1.29 is 48.6 Å². The van der Waals surface area contributed by atoms with Crippen LogP contribution in [-0.4, -0.2) is 121 Å². The summed E-state index contributed by atoms with van der Waals surface area (Å²) in [5.41, 5.74) is -4.32. The van der Waals surface area contributed by atoms with Crippen molar-refractivity contribution in [3.05, 3.63) is 35.9 Å². The van der Waals surface area contributed by atoms with Crippen molar-refractivity contribution in [2.75, 3.05) is 41.0 Å². The van der Waals surface area contributed by atoms with E-state index in [-0.39, 0.29) is 31.1 Å². The fourth-order valence-corrected chi connectivity index (χ4v) is 12.1. The van der Waals surface area contributed by atoms with Crippen LogP contribution in [0.15, 0.2) is 30.3 Å². The molecule has 1 aromatic rings. The van der Waals surface area contributed by atoms with Crippen molar-refractivity contribution in [3.63, 3.8) is 0 Å². The van der Waals surface area contributed by atoms with Gasteiger partial charge in [-0.2, -0.15) is 0 Å². The zero-order valence-electron chi connectivity index (χ0n) is 26.0. The van der Waals surface area contributed by atoms with Gasteiger partial charge in [0.1, 0.15) is 23.9 Å². The molecule has 14 atom stereocenters. The third-order valence-corrected chi connectivity index (χ3v) is 12.9. The second-order valence-corrected chi connectivity index (χ2v) is 14.1. The lowest BCUT2D eigenvalue weighted by Crippen LogP contribution is -2.80. The average molecular weight is 616 g/mol. The molecule has 1 aromatic carbocycles. The van der Waals surface area contributed by atoms with E-state index in [9.17, 15) is 24.9 Å². The molecule has 1 aliphatic heterocycles. The molecule has 7 rings (SSSR count). The number of piperidine rings is 1. The first-order valence-electron chi connectivity index (χ1n) is 15.9. The quantitative estimate of drug-likeness (QED) is 0.361. The number of hydrogen-bond acceptors (Lipinski definition) is 11. The molecule has 0 radical (unpaired) electrons. The van der Waals surface area contributed by atoms with Gasteiger partial charge < -0.3 is 39.0 Å².